The van der Waals surface area contributed by atoms with Gasteiger partial charge in [0.15, 0.2) is 0 Å². The average molecular weight is 274 g/mol. The van der Waals surface area contributed by atoms with Gasteiger partial charge in [0.1, 0.15) is 6.54 Å². The second kappa shape index (κ2) is 7.31. The molecule has 0 aliphatic rings. The van der Waals surface area contributed by atoms with E-state index in [9.17, 15) is 9.59 Å². The van der Waals surface area contributed by atoms with E-state index in [1.807, 2.05) is 13.0 Å². The summed E-state index contributed by atoms with van der Waals surface area (Å²) in [7, 11) is 2.83. The summed E-state index contributed by atoms with van der Waals surface area (Å²) in [6.45, 7) is 2.08. The van der Waals surface area contributed by atoms with Crippen molar-refractivity contribution in [2.24, 2.45) is 5.73 Å². The fraction of sp³-hybridized carbons (Fsp3) is 0.333. The highest BCUT2D eigenvalue weighted by Crippen LogP contribution is 2.12. The van der Waals surface area contributed by atoms with E-state index in [4.69, 9.17) is 5.73 Å². The number of methoxy groups -OCH3 is 1. The third-order valence-corrected chi connectivity index (χ3v) is 2.75. The molecule has 0 unspecified atom stereocenters. The SMILES string of the molecule is COC(=O)CN(C)C(=O)c1ccc(C)c(C#CCN)c1. The summed E-state index contributed by atoms with van der Waals surface area (Å²) in [6.07, 6.45) is 0. The maximum absolute atomic E-state index is 12.2. The first kappa shape index (κ1) is 15.7. The molecule has 0 spiro atoms. The van der Waals surface area contributed by atoms with Gasteiger partial charge in [0.05, 0.1) is 13.7 Å². The largest absolute Gasteiger partial charge is 0.468 e. The zero-order valence-electron chi connectivity index (χ0n) is 11.9. The Labute approximate surface area is 118 Å². The minimum atomic E-state index is -0.462. The minimum Gasteiger partial charge on any atom is -0.468 e. The van der Waals surface area contributed by atoms with Gasteiger partial charge in [-0.3, -0.25) is 9.59 Å². The van der Waals surface area contributed by atoms with Crippen molar-refractivity contribution < 1.29 is 14.3 Å². The standard InChI is InChI=1S/C15H18N2O3/c1-11-6-7-13(9-12(11)5-4-8-16)15(19)17(2)10-14(18)20-3/h6-7,9H,8,10,16H2,1-3H3. The number of rotatable bonds is 3. The lowest BCUT2D eigenvalue weighted by Crippen LogP contribution is -2.32. The molecule has 0 aliphatic carbocycles. The van der Waals surface area contributed by atoms with Gasteiger partial charge in [0.2, 0.25) is 0 Å². The number of nitrogens with two attached hydrogens (primary N) is 1. The number of benzene rings is 1. The predicted octanol–water partition coefficient (Wildman–Crippen LogP) is 0.550. The fourth-order valence-electron chi connectivity index (χ4n) is 1.59. The number of likely N-dealkylation sites (N-methyl/N-ethyl adjacent to an activating group) is 1. The van der Waals surface area contributed by atoms with Crippen molar-refractivity contribution >= 4 is 11.9 Å². The van der Waals surface area contributed by atoms with Crippen LogP contribution in [0.25, 0.3) is 0 Å². The highest BCUT2D eigenvalue weighted by atomic mass is 16.5. The zero-order chi connectivity index (χ0) is 15.1. The number of nitrogens with zero attached hydrogens (tertiary/aromatic N) is 1. The first-order valence-corrected chi connectivity index (χ1v) is 6.11. The Balaban J connectivity index is 2.96. The van der Waals surface area contributed by atoms with Gasteiger partial charge in [-0.2, -0.15) is 0 Å². The minimum absolute atomic E-state index is 0.0903. The third kappa shape index (κ3) is 4.11. The van der Waals surface area contributed by atoms with Crippen LogP contribution in [0.4, 0.5) is 0 Å². The van der Waals surface area contributed by atoms with E-state index in [0.29, 0.717) is 5.56 Å². The molecule has 1 rings (SSSR count). The van der Waals surface area contributed by atoms with E-state index in [-0.39, 0.29) is 19.0 Å². The Morgan fingerprint density at radius 1 is 1.40 bits per heavy atom. The summed E-state index contributed by atoms with van der Waals surface area (Å²) < 4.78 is 4.53. The van der Waals surface area contributed by atoms with E-state index in [1.54, 1.807) is 19.2 Å². The van der Waals surface area contributed by atoms with E-state index >= 15 is 0 Å². The maximum atomic E-state index is 12.2. The second-order valence-electron chi connectivity index (χ2n) is 4.27. The number of esters is 1. The van der Waals surface area contributed by atoms with Gasteiger partial charge >= 0.3 is 5.97 Å². The van der Waals surface area contributed by atoms with Crippen molar-refractivity contribution in [3.8, 4) is 11.8 Å². The van der Waals surface area contributed by atoms with Gasteiger partial charge in [0, 0.05) is 18.2 Å². The summed E-state index contributed by atoms with van der Waals surface area (Å²) in [5.41, 5.74) is 7.55. The summed E-state index contributed by atoms with van der Waals surface area (Å²) in [5.74, 6) is 4.96. The Bertz CT molecular complexity index is 570. The second-order valence-corrected chi connectivity index (χ2v) is 4.27. The Kier molecular flexibility index (Phi) is 5.75. The molecule has 0 heterocycles. The van der Waals surface area contributed by atoms with Crippen molar-refractivity contribution in [2.75, 3.05) is 27.2 Å². The van der Waals surface area contributed by atoms with Crippen LogP contribution in [0.3, 0.4) is 0 Å². The summed E-state index contributed by atoms with van der Waals surface area (Å²) in [4.78, 5) is 24.6. The molecule has 5 heteroatoms. The predicted molar refractivity (Wildman–Crippen MR) is 76.1 cm³/mol. The molecule has 20 heavy (non-hydrogen) atoms. The fourth-order valence-corrected chi connectivity index (χ4v) is 1.59. The van der Waals surface area contributed by atoms with Crippen LogP contribution in [0.5, 0.6) is 0 Å². The molecular weight excluding hydrogens is 256 g/mol. The first-order valence-electron chi connectivity index (χ1n) is 6.11. The molecule has 0 aromatic heterocycles. The van der Waals surface area contributed by atoms with Crippen LogP contribution < -0.4 is 5.73 Å². The number of hydrogen-bond donors (Lipinski definition) is 1. The molecule has 0 bridgehead atoms. The van der Waals surface area contributed by atoms with E-state index in [2.05, 4.69) is 16.6 Å². The van der Waals surface area contributed by atoms with E-state index in [0.717, 1.165) is 11.1 Å². The van der Waals surface area contributed by atoms with Crippen molar-refractivity contribution in [3.63, 3.8) is 0 Å². The quantitative estimate of drug-likeness (QED) is 0.645. The van der Waals surface area contributed by atoms with Crippen LogP contribution in [0.2, 0.25) is 0 Å². The van der Waals surface area contributed by atoms with Crippen LogP contribution in [0, 0.1) is 18.8 Å². The van der Waals surface area contributed by atoms with Gasteiger partial charge in [-0.05, 0) is 24.6 Å². The van der Waals surface area contributed by atoms with Crippen molar-refractivity contribution in [1.29, 1.82) is 0 Å². The Hall–Kier alpha value is -2.32. The lowest BCUT2D eigenvalue weighted by Gasteiger charge is -2.16. The molecule has 1 amide bonds. The number of carbonyl (C=O) groups excluding carboxylic acids is 2. The highest BCUT2D eigenvalue weighted by molar-refractivity contribution is 5.96. The molecule has 0 saturated carbocycles. The number of carbonyl (C=O) groups is 2. The number of hydrogen-bond acceptors (Lipinski definition) is 4. The first-order chi connectivity index (χ1) is 9.49. The molecule has 0 radical (unpaired) electrons. The maximum Gasteiger partial charge on any atom is 0.325 e. The molecule has 1 aromatic rings. The average Bonchev–Trinajstić information content (AvgIpc) is 2.45. The molecule has 0 atom stereocenters. The molecule has 106 valence electrons. The van der Waals surface area contributed by atoms with Crippen LogP contribution in [0.1, 0.15) is 21.5 Å². The molecular formula is C15H18N2O3. The Morgan fingerprint density at radius 2 is 2.10 bits per heavy atom. The van der Waals surface area contributed by atoms with Gasteiger partial charge in [-0.15, -0.1) is 0 Å². The number of aryl methyl sites for hydroxylation is 1. The molecule has 0 aliphatic heterocycles. The van der Waals surface area contributed by atoms with E-state index < -0.39 is 5.97 Å². The summed E-state index contributed by atoms with van der Waals surface area (Å²) in [5, 5.41) is 0. The topological polar surface area (TPSA) is 72.6 Å². The number of ether oxygens (including phenoxy) is 1. The summed E-state index contributed by atoms with van der Waals surface area (Å²) >= 11 is 0. The van der Waals surface area contributed by atoms with E-state index in [1.165, 1.54) is 12.0 Å². The lowest BCUT2D eigenvalue weighted by atomic mass is 10.0. The summed E-state index contributed by atoms with van der Waals surface area (Å²) in [6, 6.07) is 5.23. The molecule has 0 fully saturated rings. The van der Waals surface area contributed by atoms with Gasteiger partial charge in [-0.1, -0.05) is 17.9 Å². The van der Waals surface area contributed by atoms with Gasteiger partial charge in [-0.25, -0.2) is 0 Å². The van der Waals surface area contributed by atoms with Crippen LogP contribution in [-0.4, -0.2) is 44.0 Å². The van der Waals surface area contributed by atoms with Crippen molar-refractivity contribution in [1.82, 2.24) is 4.90 Å². The zero-order valence-corrected chi connectivity index (χ0v) is 11.9. The van der Waals surface area contributed by atoms with Gasteiger partial charge in [0.25, 0.3) is 5.91 Å². The van der Waals surface area contributed by atoms with Gasteiger partial charge < -0.3 is 15.4 Å². The normalized spacial score (nSPS) is 9.40. The van der Waals surface area contributed by atoms with Crippen LogP contribution >= 0.6 is 0 Å². The highest BCUT2D eigenvalue weighted by Gasteiger charge is 2.15. The van der Waals surface area contributed by atoms with Crippen LogP contribution in [0.15, 0.2) is 18.2 Å². The monoisotopic (exact) mass is 274 g/mol. The third-order valence-electron chi connectivity index (χ3n) is 2.75. The molecule has 5 nitrogen and oxygen atoms in total. The van der Waals surface area contributed by atoms with Crippen molar-refractivity contribution in [3.05, 3.63) is 34.9 Å². The number of amides is 1. The Morgan fingerprint density at radius 3 is 2.70 bits per heavy atom. The lowest BCUT2D eigenvalue weighted by molar-refractivity contribution is -0.141. The smallest absolute Gasteiger partial charge is 0.325 e. The van der Waals surface area contributed by atoms with Crippen LogP contribution in [-0.2, 0) is 9.53 Å². The molecule has 2 N–H and O–H groups in total. The molecule has 0 saturated heterocycles. The van der Waals surface area contributed by atoms with Crippen molar-refractivity contribution in [2.45, 2.75) is 6.92 Å². The molecule has 1 aromatic carbocycles.